The first kappa shape index (κ1) is 21.4. The van der Waals surface area contributed by atoms with E-state index in [0.29, 0.717) is 17.0 Å². The molecule has 0 bridgehead atoms. The van der Waals surface area contributed by atoms with Gasteiger partial charge in [-0.1, -0.05) is 41.7 Å². The highest BCUT2D eigenvalue weighted by molar-refractivity contribution is 7.17. The summed E-state index contributed by atoms with van der Waals surface area (Å²) in [7, 11) is 0. The van der Waals surface area contributed by atoms with Crippen LogP contribution in [-0.4, -0.2) is 52.9 Å². The molecule has 158 valence electrons. The Morgan fingerprint density at radius 3 is 2.70 bits per heavy atom. The van der Waals surface area contributed by atoms with Crippen LogP contribution in [0.15, 0.2) is 30.3 Å². The molecule has 1 fully saturated rings. The molecule has 1 saturated heterocycles. The lowest BCUT2D eigenvalue weighted by Crippen LogP contribution is -2.34. The van der Waals surface area contributed by atoms with Crippen molar-refractivity contribution in [2.45, 2.75) is 32.7 Å². The monoisotopic (exact) mass is 430 g/mol. The van der Waals surface area contributed by atoms with Gasteiger partial charge in [0.25, 0.3) is 5.91 Å². The zero-order valence-electron chi connectivity index (χ0n) is 16.6. The number of nitrogens with zero attached hydrogens (tertiary/aromatic N) is 2. The van der Waals surface area contributed by atoms with Crippen LogP contribution in [-0.2, 0) is 20.7 Å². The van der Waals surface area contributed by atoms with Gasteiger partial charge in [-0.25, -0.2) is 14.6 Å². The number of carbonyl (C=O) groups is 4. The Morgan fingerprint density at radius 2 is 2.00 bits per heavy atom. The number of aromatic nitrogens is 1. The van der Waals surface area contributed by atoms with Crippen molar-refractivity contribution in [2.75, 3.05) is 18.5 Å². The van der Waals surface area contributed by atoms with Gasteiger partial charge in [0.15, 0.2) is 5.13 Å². The number of amides is 4. The molecule has 3 rings (SSSR count). The Hall–Kier alpha value is -3.27. The van der Waals surface area contributed by atoms with Gasteiger partial charge in [-0.2, -0.15) is 0 Å². The second kappa shape index (κ2) is 9.49. The summed E-state index contributed by atoms with van der Waals surface area (Å²) >= 11 is 1.00. The van der Waals surface area contributed by atoms with Crippen molar-refractivity contribution >= 4 is 40.3 Å². The SMILES string of the molecule is CCOC(=O)c1sc(NC(=O)C[C@@H]2NC(=O)N(CCc3ccccc3)C2=O)nc1C. The van der Waals surface area contributed by atoms with Gasteiger partial charge in [0.1, 0.15) is 10.9 Å². The van der Waals surface area contributed by atoms with Crippen LogP contribution in [0.25, 0.3) is 0 Å². The van der Waals surface area contributed by atoms with Crippen molar-refractivity contribution in [2.24, 2.45) is 0 Å². The summed E-state index contributed by atoms with van der Waals surface area (Å²) in [6.45, 7) is 3.82. The van der Waals surface area contributed by atoms with Crippen LogP contribution in [0.2, 0.25) is 0 Å². The van der Waals surface area contributed by atoms with Crippen LogP contribution >= 0.6 is 11.3 Å². The van der Waals surface area contributed by atoms with Gasteiger partial charge in [-0.3, -0.25) is 14.5 Å². The summed E-state index contributed by atoms with van der Waals surface area (Å²) in [4.78, 5) is 54.5. The largest absolute Gasteiger partial charge is 0.462 e. The lowest BCUT2D eigenvalue weighted by molar-refractivity contribution is -0.129. The fourth-order valence-corrected chi connectivity index (χ4v) is 3.88. The van der Waals surface area contributed by atoms with Gasteiger partial charge in [0.05, 0.1) is 18.7 Å². The Kier molecular flexibility index (Phi) is 6.78. The average molecular weight is 430 g/mol. The predicted molar refractivity (Wildman–Crippen MR) is 110 cm³/mol. The molecule has 0 aliphatic carbocycles. The molecular formula is C20H22N4O5S. The zero-order chi connectivity index (χ0) is 21.7. The smallest absolute Gasteiger partial charge is 0.350 e. The number of carbonyl (C=O) groups excluding carboxylic acids is 4. The summed E-state index contributed by atoms with van der Waals surface area (Å²) in [5.41, 5.74) is 1.46. The third-order valence-corrected chi connectivity index (χ3v) is 5.52. The third-order valence-electron chi connectivity index (χ3n) is 4.47. The molecule has 30 heavy (non-hydrogen) atoms. The van der Waals surface area contributed by atoms with Crippen LogP contribution in [0.3, 0.4) is 0 Å². The van der Waals surface area contributed by atoms with Crippen LogP contribution in [0, 0.1) is 6.92 Å². The maximum Gasteiger partial charge on any atom is 0.350 e. The standard InChI is InChI=1S/C20H22N4O5S/c1-3-29-18(27)16-12(2)21-19(30-16)23-15(25)11-14-17(26)24(20(28)22-14)10-9-13-7-5-4-6-8-13/h4-8,14H,3,9-11H2,1-2H3,(H,22,28)(H,21,23,25)/t14-/m0/s1. The first-order valence-corrected chi connectivity index (χ1v) is 10.3. The molecule has 2 aromatic rings. The number of ether oxygens (including phenoxy) is 1. The number of imide groups is 1. The van der Waals surface area contributed by atoms with E-state index in [2.05, 4.69) is 15.6 Å². The second-order valence-electron chi connectivity index (χ2n) is 6.63. The molecule has 0 saturated carbocycles. The quantitative estimate of drug-likeness (QED) is 0.489. The number of urea groups is 1. The molecule has 10 heteroatoms. The maximum atomic E-state index is 12.5. The Balaban J connectivity index is 1.55. The molecule has 0 radical (unpaired) electrons. The average Bonchev–Trinajstić information content (AvgIpc) is 3.20. The summed E-state index contributed by atoms with van der Waals surface area (Å²) < 4.78 is 4.95. The number of hydrogen-bond donors (Lipinski definition) is 2. The first-order valence-electron chi connectivity index (χ1n) is 9.49. The lowest BCUT2D eigenvalue weighted by atomic mass is 10.1. The van der Waals surface area contributed by atoms with E-state index in [9.17, 15) is 19.2 Å². The van der Waals surface area contributed by atoms with Crippen molar-refractivity contribution in [1.29, 1.82) is 0 Å². The van der Waals surface area contributed by atoms with Gasteiger partial charge in [-0.05, 0) is 25.8 Å². The van der Waals surface area contributed by atoms with E-state index >= 15 is 0 Å². The normalized spacial score (nSPS) is 15.8. The summed E-state index contributed by atoms with van der Waals surface area (Å²) in [5, 5.41) is 5.35. The van der Waals surface area contributed by atoms with Crippen molar-refractivity contribution < 1.29 is 23.9 Å². The van der Waals surface area contributed by atoms with Crippen LogP contribution < -0.4 is 10.6 Å². The van der Waals surface area contributed by atoms with Crippen molar-refractivity contribution in [1.82, 2.24) is 15.2 Å². The van der Waals surface area contributed by atoms with Crippen molar-refractivity contribution in [3.8, 4) is 0 Å². The van der Waals surface area contributed by atoms with Crippen molar-refractivity contribution in [3.63, 3.8) is 0 Å². The number of esters is 1. The lowest BCUT2D eigenvalue weighted by Gasteiger charge is -2.12. The molecule has 1 aromatic carbocycles. The number of hydrogen-bond acceptors (Lipinski definition) is 7. The minimum atomic E-state index is -0.932. The van der Waals surface area contributed by atoms with E-state index < -0.39 is 29.9 Å². The molecular weight excluding hydrogens is 408 g/mol. The second-order valence-corrected chi connectivity index (χ2v) is 7.63. The Bertz CT molecular complexity index is 959. The number of nitrogens with one attached hydrogen (secondary N) is 2. The molecule has 2 heterocycles. The fourth-order valence-electron chi connectivity index (χ4n) is 3.00. The molecule has 1 atom stereocenters. The van der Waals surface area contributed by atoms with E-state index in [1.54, 1.807) is 13.8 Å². The Labute approximate surface area is 177 Å². The van der Waals surface area contributed by atoms with Crippen molar-refractivity contribution in [3.05, 3.63) is 46.5 Å². The third kappa shape index (κ3) is 5.01. The molecule has 1 aliphatic rings. The molecule has 1 aromatic heterocycles. The number of aryl methyl sites for hydroxylation is 1. The molecule has 4 amide bonds. The summed E-state index contributed by atoms with van der Waals surface area (Å²) in [6, 6.07) is 8.07. The van der Waals surface area contributed by atoms with Crippen LogP contribution in [0.4, 0.5) is 9.93 Å². The molecule has 9 nitrogen and oxygen atoms in total. The fraction of sp³-hybridized carbons (Fsp3) is 0.350. The highest BCUT2D eigenvalue weighted by Crippen LogP contribution is 2.24. The molecule has 0 unspecified atom stereocenters. The van der Waals surface area contributed by atoms with Gasteiger partial charge >= 0.3 is 12.0 Å². The number of thiazole rings is 1. The predicted octanol–water partition coefficient (Wildman–Crippen LogP) is 2.12. The summed E-state index contributed by atoms with van der Waals surface area (Å²) in [6.07, 6.45) is 0.313. The molecule has 1 aliphatic heterocycles. The van der Waals surface area contributed by atoms with E-state index in [-0.39, 0.29) is 24.7 Å². The van der Waals surface area contributed by atoms with Gasteiger partial charge in [0.2, 0.25) is 5.91 Å². The molecule has 0 spiro atoms. The minimum Gasteiger partial charge on any atom is -0.462 e. The van der Waals surface area contributed by atoms with Crippen LogP contribution in [0.1, 0.15) is 34.3 Å². The van der Waals surface area contributed by atoms with E-state index in [0.717, 1.165) is 21.8 Å². The van der Waals surface area contributed by atoms with E-state index in [4.69, 9.17) is 4.74 Å². The highest BCUT2D eigenvalue weighted by Gasteiger charge is 2.38. The van der Waals surface area contributed by atoms with E-state index in [1.165, 1.54) is 0 Å². The van der Waals surface area contributed by atoms with Gasteiger partial charge < -0.3 is 15.4 Å². The first-order chi connectivity index (χ1) is 14.4. The number of anilines is 1. The topological polar surface area (TPSA) is 118 Å². The molecule has 2 N–H and O–H groups in total. The van der Waals surface area contributed by atoms with Gasteiger partial charge in [0, 0.05) is 6.54 Å². The summed E-state index contributed by atoms with van der Waals surface area (Å²) in [5.74, 6) is -1.42. The van der Waals surface area contributed by atoms with Gasteiger partial charge in [-0.15, -0.1) is 0 Å². The minimum absolute atomic E-state index is 0.222. The number of benzene rings is 1. The highest BCUT2D eigenvalue weighted by atomic mass is 32.1. The maximum absolute atomic E-state index is 12.5. The Morgan fingerprint density at radius 1 is 1.27 bits per heavy atom. The number of rotatable bonds is 8. The zero-order valence-corrected chi connectivity index (χ0v) is 17.5. The van der Waals surface area contributed by atoms with E-state index in [1.807, 2.05) is 30.3 Å². The van der Waals surface area contributed by atoms with Crippen LogP contribution in [0.5, 0.6) is 0 Å².